The van der Waals surface area contributed by atoms with Crippen LogP contribution in [0.3, 0.4) is 0 Å². The Balaban J connectivity index is 1.47. The first-order valence-corrected chi connectivity index (χ1v) is 9.44. The first-order valence-electron chi connectivity index (χ1n) is 8.46. The predicted octanol–water partition coefficient (Wildman–Crippen LogP) is 5.30. The van der Waals surface area contributed by atoms with Crippen molar-refractivity contribution < 1.29 is 9.53 Å². The van der Waals surface area contributed by atoms with Gasteiger partial charge in [0.05, 0.1) is 5.75 Å². The zero-order chi connectivity index (χ0) is 18.2. The topological polar surface area (TPSA) is 38.3 Å². The molecule has 3 aromatic rings. The molecule has 0 spiro atoms. The van der Waals surface area contributed by atoms with Gasteiger partial charge >= 0.3 is 0 Å². The Labute approximate surface area is 158 Å². The fraction of sp³-hybridized carbons (Fsp3) is 0.136. The van der Waals surface area contributed by atoms with E-state index in [4.69, 9.17) is 4.74 Å². The monoisotopic (exact) mass is 363 g/mol. The maximum Gasteiger partial charge on any atom is 0.234 e. The molecule has 3 aromatic carbocycles. The zero-order valence-corrected chi connectivity index (χ0v) is 15.5. The van der Waals surface area contributed by atoms with Gasteiger partial charge in [0.2, 0.25) is 5.91 Å². The molecule has 4 heteroatoms. The van der Waals surface area contributed by atoms with E-state index in [-0.39, 0.29) is 5.91 Å². The average molecular weight is 363 g/mol. The number of hydrogen-bond donors (Lipinski definition) is 1. The maximum atomic E-state index is 12.1. The Hall–Kier alpha value is -2.72. The lowest BCUT2D eigenvalue weighted by molar-refractivity contribution is -0.113. The van der Waals surface area contributed by atoms with Crippen molar-refractivity contribution in [2.24, 2.45) is 0 Å². The third-order valence-electron chi connectivity index (χ3n) is 3.84. The van der Waals surface area contributed by atoms with Gasteiger partial charge in [0, 0.05) is 10.6 Å². The van der Waals surface area contributed by atoms with Crippen LogP contribution >= 0.6 is 11.8 Å². The van der Waals surface area contributed by atoms with E-state index < -0.39 is 0 Å². The van der Waals surface area contributed by atoms with Crippen molar-refractivity contribution in [3.05, 3.63) is 90.0 Å². The summed E-state index contributed by atoms with van der Waals surface area (Å²) in [5, 5.41) is 2.92. The third-order valence-corrected chi connectivity index (χ3v) is 5.01. The molecular weight excluding hydrogens is 342 g/mol. The van der Waals surface area contributed by atoms with E-state index in [0.717, 1.165) is 21.9 Å². The number of rotatable bonds is 7. The number of carbonyl (C=O) groups is 1. The standard InChI is InChI=1S/C22H21NO2S/c1-17-7-5-6-10-21(17)26-16-22(24)23-19-11-13-20(14-12-19)25-15-18-8-3-2-4-9-18/h2-14H,15-16H2,1H3,(H,23,24). The molecule has 0 aliphatic heterocycles. The molecule has 3 nitrogen and oxygen atoms in total. The molecule has 0 fully saturated rings. The number of anilines is 1. The zero-order valence-electron chi connectivity index (χ0n) is 14.6. The Bertz CT molecular complexity index is 848. The van der Waals surface area contributed by atoms with Gasteiger partial charge in [-0.15, -0.1) is 11.8 Å². The van der Waals surface area contributed by atoms with Crippen molar-refractivity contribution in [3.8, 4) is 5.75 Å². The summed E-state index contributed by atoms with van der Waals surface area (Å²) < 4.78 is 5.75. The Morgan fingerprint density at radius 2 is 1.62 bits per heavy atom. The lowest BCUT2D eigenvalue weighted by Crippen LogP contribution is -2.14. The summed E-state index contributed by atoms with van der Waals surface area (Å²) in [6.45, 7) is 2.58. The molecule has 1 amide bonds. The summed E-state index contributed by atoms with van der Waals surface area (Å²) in [4.78, 5) is 13.3. The molecule has 0 aliphatic rings. The number of thioether (sulfide) groups is 1. The summed E-state index contributed by atoms with van der Waals surface area (Å²) in [7, 11) is 0. The van der Waals surface area contributed by atoms with Gasteiger partial charge in [-0.2, -0.15) is 0 Å². The highest BCUT2D eigenvalue weighted by Crippen LogP contribution is 2.22. The predicted molar refractivity (Wildman–Crippen MR) is 108 cm³/mol. The molecule has 0 bridgehead atoms. The summed E-state index contributed by atoms with van der Waals surface area (Å²) in [6, 6.07) is 25.6. The van der Waals surface area contributed by atoms with Gasteiger partial charge < -0.3 is 10.1 Å². The molecule has 0 radical (unpaired) electrons. The van der Waals surface area contributed by atoms with E-state index in [2.05, 4.69) is 18.3 Å². The molecule has 3 rings (SSSR count). The summed E-state index contributed by atoms with van der Waals surface area (Å²) in [5.74, 6) is 1.15. The molecule has 0 aromatic heterocycles. The molecule has 26 heavy (non-hydrogen) atoms. The third kappa shape index (κ3) is 5.39. The van der Waals surface area contributed by atoms with Gasteiger partial charge in [0.1, 0.15) is 12.4 Å². The Kier molecular flexibility index (Phi) is 6.34. The maximum absolute atomic E-state index is 12.1. The van der Waals surface area contributed by atoms with Gasteiger partial charge in [-0.1, -0.05) is 48.5 Å². The van der Waals surface area contributed by atoms with Crippen LogP contribution in [-0.4, -0.2) is 11.7 Å². The minimum absolute atomic E-state index is 0.0174. The smallest absolute Gasteiger partial charge is 0.234 e. The minimum Gasteiger partial charge on any atom is -0.489 e. The van der Waals surface area contributed by atoms with Gasteiger partial charge in [0.25, 0.3) is 0 Å². The molecule has 0 atom stereocenters. The average Bonchev–Trinajstić information content (AvgIpc) is 2.68. The van der Waals surface area contributed by atoms with Crippen molar-refractivity contribution in [1.82, 2.24) is 0 Å². The second-order valence-electron chi connectivity index (χ2n) is 5.90. The van der Waals surface area contributed by atoms with Crippen LogP contribution < -0.4 is 10.1 Å². The molecule has 0 unspecified atom stereocenters. The minimum atomic E-state index is -0.0174. The number of hydrogen-bond acceptors (Lipinski definition) is 3. The van der Waals surface area contributed by atoms with Crippen LogP contribution in [0, 0.1) is 6.92 Å². The van der Waals surface area contributed by atoms with Crippen LogP contribution in [0.25, 0.3) is 0 Å². The van der Waals surface area contributed by atoms with Crippen molar-refractivity contribution in [1.29, 1.82) is 0 Å². The Morgan fingerprint density at radius 3 is 2.35 bits per heavy atom. The number of aryl methyl sites for hydroxylation is 1. The first-order chi connectivity index (χ1) is 12.7. The molecule has 0 saturated carbocycles. The number of carbonyl (C=O) groups excluding carboxylic acids is 1. The molecule has 0 saturated heterocycles. The van der Waals surface area contributed by atoms with Gasteiger partial charge in [-0.05, 0) is 48.4 Å². The van der Waals surface area contributed by atoms with E-state index in [1.54, 1.807) is 11.8 Å². The van der Waals surface area contributed by atoms with E-state index in [1.807, 2.05) is 72.8 Å². The SMILES string of the molecule is Cc1ccccc1SCC(=O)Nc1ccc(OCc2ccccc2)cc1. The highest BCUT2D eigenvalue weighted by atomic mass is 32.2. The van der Waals surface area contributed by atoms with E-state index in [9.17, 15) is 4.79 Å². The number of nitrogens with one attached hydrogen (secondary N) is 1. The second-order valence-corrected chi connectivity index (χ2v) is 6.92. The van der Waals surface area contributed by atoms with Crippen molar-refractivity contribution >= 4 is 23.4 Å². The Morgan fingerprint density at radius 1 is 0.923 bits per heavy atom. The van der Waals surface area contributed by atoms with E-state index in [0.29, 0.717) is 12.4 Å². The summed E-state index contributed by atoms with van der Waals surface area (Å²) in [5.41, 5.74) is 3.08. The molecule has 0 heterocycles. The van der Waals surface area contributed by atoms with Crippen LogP contribution in [-0.2, 0) is 11.4 Å². The largest absolute Gasteiger partial charge is 0.489 e. The highest BCUT2D eigenvalue weighted by molar-refractivity contribution is 8.00. The number of ether oxygens (including phenoxy) is 1. The van der Waals surface area contributed by atoms with Gasteiger partial charge in [-0.25, -0.2) is 0 Å². The van der Waals surface area contributed by atoms with Crippen LogP contribution in [0.15, 0.2) is 83.8 Å². The lowest BCUT2D eigenvalue weighted by Gasteiger charge is -2.09. The normalized spacial score (nSPS) is 10.3. The molecule has 0 aliphatic carbocycles. The van der Waals surface area contributed by atoms with Gasteiger partial charge in [0.15, 0.2) is 0 Å². The molecule has 1 N–H and O–H groups in total. The summed E-state index contributed by atoms with van der Waals surface area (Å²) >= 11 is 1.55. The first kappa shape index (κ1) is 18.1. The fourth-order valence-electron chi connectivity index (χ4n) is 2.43. The van der Waals surface area contributed by atoms with Crippen LogP contribution in [0.2, 0.25) is 0 Å². The lowest BCUT2D eigenvalue weighted by atomic mass is 10.2. The van der Waals surface area contributed by atoms with E-state index >= 15 is 0 Å². The highest BCUT2D eigenvalue weighted by Gasteiger charge is 2.05. The molecular formula is C22H21NO2S. The quantitative estimate of drug-likeness (QED) is 0.579. The van der Waals surface area contributed by atoms with Crippen molar-refractivity contribution in [2.45, 2.75) is 18.4 Å². The van der Waals surface area contributed by atoms with Gasteiger partial charge in [-0.3, -0.25) is 4.79 Å². The number of benzene rings is 3. The van der Waals surface area contributed by atoms with Crippen LogP contribution in [0.5, 0.6) is 5.75 Å². The van der Waals surface area contributed by atoms with Crippen LogP contribution in [0.1, 0.15) is 11.1 Å². The van der Waals surface area contributed by atoms with Crippen LogP contribution in [0.4, 0.5) is 5.69 Å². The number of amides is 1. The van der Waals surface area contributed by atoms with Crippen molar-refractivity contribution in [2.75, 3.05) is 11.1 Å². The fourth-order valence-corrected chi connectivity index (χ4v) is 3.26. The molecule has 132 valence electrons. The van der Waals surface area contributed by atoms with E-state index in [1.165, 1.54) is 5.56 Å². The second kappa shape index (κ2) is 9.11. The van der Waals surface area contributed by atoms with Crippen molar-refractivity contribution in [3.63, 3.8) is 0 Å². The summed E-state index contributed by atoms with van der Waals surface area (Å²) in [6.07, 6.45) is 0.